The molecule has 32 heavy (non-hydrogen) atoms. The molecular weight excluding hydrogens is 402 g/mol. The minimum absolute atomic E-state index is 0.0102. The van der Waals surface area contributed by atoms with Crippen molar-refractivity contribution in [2.24, 2.45) is 0 Å². The number of aromatic nitrogens is 1. The van der Waals surface area contributed by atoms with Crippen molar-refractivity contribution in [1.82, 2.24) is 4.57 Å². The van der Waals surface area contributed by atoms with Gasteiger partial charge in [0.15, 0.2) is 0 Å². The molecule has 3 aromatic carbocycles. The lowest BCUT2D eigenvalue weighted by atomic mass is 9.82. The van der Waals surface area contributed by atoms with E-state index >= 15 is 8.78 Å². The van der Waals surface area contributed by atoms with Gasteiger partial charge in [0.05, 0.1) is 39.5 Å². The van der Waals surface area contributed by atoms with Crippen LogP contribution in [0.1, 0.15) is 69.4 Å². The van der Waals surface area contributed by atoms with Crippen molar-refractivity contribution in [1.29, 1.82) is 5.26 Å². The molecule has 1 aliphatic heterocycles. The number of nitriles is 1. The number of rotatable bonds is 0. The molecule has 0 aliphatic carbocycles. The van der Waals surface area contributed by atoms with Gasteiger partial charge in [0.2, 0.25) is 0 Å². The molecule has 0 saturated heterocycles. The van der Waals surface area contributed by atoms with E-state index in [2.05, 4.69) is 39.0 Å². The first kappa shape index (κ1) is 20.7. The second-order valence-electron chi connectivity index (χ2n) is 10.9. The second-order valence-corrected chi connectivity index (χ2v) is 10.9. The van der Waals surface area contributed by atoms with Crippen LogP contribution in [0.25, 0.3) is 27.5 Å². The SMILES string of the molecule is CC(C)(C)c1ccc2c(c1)c1cc(C(C)(C)C)cc3c1n2-c1ccc(C#N)cc1C3(F)F. The molecule has 162 valence electrons. The van der Waals surface area contributed by atoms with E-state index in [1.807, 2.05) is 37.5 Å². The summed E-state index contributed by atoms with van der Waals surface area (Å²) in [5.41, 5.74) is 3.73. The van der Waals surface area contributed by atoms with Gasteiger partial charge in [-0.15, -0.1) is 0 Å². The fraction of sp³-hybridized carbons (Fsp3) is 0.321. The molecule has 2 heterocycles. The third-order valence-corrected chi connectivity index (χ3v) is 6.64. The summed E-state index contributed by atoms with van der Waals surface area (Å²) in [5, 5.41) is 11.2. The average Bonchev–Trinajstić information content (AvgIpc) is 3.04. The molecule has 0 atom stereocenters. The third kappa shape index (κ3) is 2.73. The molecule has 1 aliphatic rings. The van der Waals surface area contributed by atoms with Gasteiger partial charge in [-0.05, 0) is 64.4 Å². The second kappa shape index (κ2) is 6.19. The van der Waals surface area contributed by atoms with E-state index in [-0.39, 0.29) is 27.5 Å². The Balaban J connectivity index is 2.03. The summed E-state index contributed by atoms with van der Waals surface area (Å²) in [6.07, 6.45) is 0. The minimum atomic E-state index is -3.20. The predicted molar refractivity (Wildman–Crippen MR) is 126 cm³/mol. The van der Waals surface area contributed by atoms with Crippen LogP contribution in [0.15, 0.2) is 48.5 Å². The molecule has 0 spiro atoms. The van der Waals surface area contributed by atoms with E-state index in [0.717, 1.165) is 27.4 Å². The Kier molecular flexibility index (Phi) is 4.01. The maximum Gasteiger partial charge on any atom is 0.302 e. The standard InChI is InChI=1S/C28H26F2N2/c1-26(2,3)17-8-10-23-19(12-17)20-13-18(27(4,5)6)14-22-25(20)32(23)24-9-7-16(15-31)11-21(24)28(22,29)30/h7-14H,1-6H3. The Hall–Kier alpha value is -3.19. The van der Waals surface area contributed by atoms with Crippen molar-refractivity contribution in [3.05, 3.63) is 76.3 Å². The van der Waals surface area contributed by atoms with Gasteiger partial charge in [0.1, 0.15) is 0 Å². The number of hydrogen-bond donors (Lipinski definition) is 0. The number of nitrogens with zero attached hydrogens (tertiary/aromatic N) is 2. The molecule has 0 saturated carbocycles. The Morgan fingerprint density at radius 2 is 1.44 bits per heavy atom. The number of fused-ring (bicyclic) bond motifs is 5. The monoisotopic (exact) mass is 428 g/mol. The maximum atomic E-state index is 16.0. The largest absolute Gasteiger partial charge is 0.308 e. The zero-order valence-electron chi connectivity index (χ0n) is 19.3. The smallest absolute Gasteiger partial charge is 0.302 e. The summed E-state index contributed by atoms with van der Waals surface area (Å²) in [7, 11) is 0. The van der Waals surface area contributed by atoms with Gasteiger partial charge >= 0.3 is 5.92 Å². The Labute approximate surface area is 187 Å². The number of alkyl halides is 2. The molecule has 2 nitrogen and oxygen atoms in total. The summed E-state index contributed by atoms with van der Waals surface area (Å²) in [6.45, 7) is 12.6. The molecule has 0 N–H and O–H groups in total. The van der Waals surface area contributed by atoms with Crippen LogP contribution in [0.5, 0.6) is 0 Å². The van der Waals surface area contributed by atoms with Crippen molar-refractivity contribution in [2.75, 3.05) is 0 Å². The Bertz CT molecular complexity index is 1470. The topological polar surface area (TPSA) is 28.7 Å². The van der Waals surface area contributed by atoms with E-state index in [1.54, 1.807) is 18.2 Å². The summed E-state index contributed by atoms with van der Waals surface area (Å²) in [4.78, 5) is 0. The van der Waals surface area contributed by atoms with E-state index in [0.29, 0.717) is 11.2 Å². The highest BCUT2D eigenvalue weighted by Crippen LogP contribution is 2.51. The van der Waals surface area contributed by atoms with Crippen LogP contribution >= 0.6 is 0 Å². The molecule has 0 amide bonds. The molecular formula is C28H26F2N2. The molecule has 0 unspecified atom stereocenters. The van der Waals surface area contributed by atoms with Crippen molar-refractivity contribution >= 4 is 21.8 Å². The van der Waals surface area contributed by atoms with Gasteiger partial charge in [-0.3, -0.25) is 0 Å². The highest BCUT2D eigenvalue weighted by molar-refractivity contribution is 6.12. The summed E-state index contributed by atoms with van der Waals surface area (Å²) in [5.74, 6) is -3.20. The van der Waals surface area contributed by atoms with E-state index in [9.17, 15) is 5.26 Å². The molecule has 4 aromatic rings. The summed E-state index contributed by atoms with van der Waals surface area (Å²) < 4.78 is 34.0. The molecule has 5 rings (SSSR count). The van der Waals surface area contributed by atoms with Gasteiger partial charge in [-0.1, -0.05) is 47.6 Å². The predicted octanol–water partition coefficient (Wildman–Crippen LogP) is 7.70. The van der Waals surface area contributed by atoms with Crippen LogP contribution in [-0.4, -0.2) is 4.57 Å². The van der Waals surface area contributed by atoms with Gasteiger partial charge in [-0.2, -0.15) is 14.0 Å². The van der Waals surface area contributed by atoms with E-state index < -0.39 is 5.92 Å². The quantitative estimate of drug-likeness (QED) is 0.282. The maximum absolute atomic E-state index is 16.0. The van der Waals surface area contributed by atoms with Crippen molar-refractivity contribution in [3.8, 4) is 11.8 Å². The highest BCUT2D eigenvalue weighted by Gasteiger charge is 2.44. The van der Waals surface area contributed by atoms with Crippen molar-refractivity contribution < 1.29 is 8.78 Å². The first-order valence-electron chi connectivity index (χ1n) is 10.9. The van der Waals surface area contributed by atoms with Crippen LogP contribution in [0.4, 0.5) is 8.78 Å². The zero-order chi connectivity index (χ0) is 23.2. The first-order chi connectivity index (χ1) is 14.8. The molecule has 0 fully saturated rings. The van der Waals surface area contributed by atoms with Crippen LogP contribution in [-0.2, 0) is 16.8 Å². The highest BCUT2D eigenvalue weighted by atomic mass is 19.3. The summed E-state index contributed by atoms with van der Waals surface area (Å²) in [6, 6.07) is 16.6. The molecule has 4 heteroatoms. The van der Waals surface area contributed by atoms with Gasteiger partial charge < -0.3 is 4.57 Å². The van der Waals surface area contributed by atoms with Crippen LogP contribution in [0.2, 0.25) is 0 Å². The molecule has 0 radical (unpaired) electrons. The fourth-order valence-corrected chi connectivity index (χ4v) is 4.73. The molecule has 1 aromatic heterocycles. The van der Waals surface area contributed by atoms with Crippen LogP contribution < -0.4 is 0 Å². The summed E-state index contributed by atoms with van der Waals surface area (Å²) >= 11 is 0. The third-order valence-electron chi connectivity index (χ3n) is 6.64. The van der Waals surface area contributed by atoms with Gasteiger partial charge in [-0.25, -0.2) is 0 Å². The van der Waals surface area contributed by atoms with E-state index in [4.69, 9.17) is 0 Å². The lowest BCUT2D eigenvalue weighted by Crippen LogP contribution is -2.25. The Morgan fingerprint density at radius 1 is 0.781 bits per heavy atom. The van der Waals surface area contributed by atoms with E-state index in [1.165, 1.54) is 6.07 Å². The van der Waals surface area contributed by atoms with Crippen LogP contribution in [0.3, 0.4) is 0 Å². The Morgan fingerprint density at radius 3 is 2.06 bits per heavy atom. The number of hydrogen-bond acceptors (Lipinski definition) is 1. The van der Waals surface area contributed by atoms with Gasteiger partial charge in [0, 0.05) is 10.8 Å². The average molecular weight is 429 g/mol. The molecule has 0 bridgehead atoms. The van der Waals surface area contributed by atoms with Crippen LogP contribution in [0, 0.1) is 11.3 Å². The minimum Gasteiger partial charge on any atom is -0.308 e. The van der Waals surface area contributed by atoms with Gasteiger partial charge in [0.25, 0.3) is 0 Å². The lowest BCUT2D eigenvalue weighted by molar-refractivity contribution is 0.0425. The fourth-order valence-electron chi connectivity index (χ4n) is 4.73. The van der Waals surface area contributed by atoms with Crippen molar-refractivity contribution in [2.45, 2.75) is 58.3 Å². The number of halogens is 2. The lowest BCUT2D eigenvalue weighted by Gasteiger charge is -2.30. The first-order valence-corrected chi connectivity index (χ1v) is 10.9. The van der Waals surface area contributed by atoms with Crippen molar-refractivity contribution in [3.63, 3.8) is 0 Å². The normalized spacial score (nSPS) is 15.1. The number of benzene rings is 3. The zero-order valence-corrected chi connectivity index (χ0v) is 19.3.